The van der Waals surface area contributed by atoms with Crippen molar-refractivity contribution in [2.75, 3.05) is 11.4 Å². The fourth-order valence-electron chi connectivity index (χ4n) is 3.92. The van der Waals surface area contributed by atoms with Crippen LogP contribution in [0.5, 0.6) is 0 Å². The minimum absolute atomic E-state index is 0.0232. The molecule has 1 heterocycles. The van der Waals surface area contributed by atoms with Crippen LogP contribution in [0, 0.1) is 11.6 Å². The van der Waals surface area contributed by atoms with E-state index in [1.165, 1.54) is 29.2 Å². The second-order valence-electron chi connectivity index (χ2n) is 7.19. The molecule has 1 aliphatic heterocycles. The molecule has 0 radical (unpaired) electrons. The van der Waals surface area contributed by atoms with Crippen LogP contribution in [0.1, 0.15) is 18.4 Å². The summed E-state index contributed by atoms with van der Waals surface area (Å²) in [5.41, 5.74) is -0.603. The number of carbonyl (C=O) groups excluding carboxylic acids is 2. The number of anilines is 1. The molecule has 5 nitrogen and oxygen atoms in total. The Balaban J connectivity index is 1.68. The molecule has 1 aliphatic carbocycles. The number of hydrogen-bond donors (Lipinski definition) is 1. The van der Waals surface area contributed by atoms with Gasteiger partial charge in [-0.2, -0.15) is 0 Å². The van der Waals surface area contributed by atoms with Crippen molar-refractivity contribution in [3.63, 3.8) is 0 Å². The number of benzene rings is 2. The molecule has 0 aromatic heterocycles. The number of aliphatic hydroxyl groups excluding tert-OH is 1. The van der Waals surface area contributed by atoms with Gasteiger partial charge in [0.2, 0.25) is 5.91 Å². The average Bonchev–Trinajstić information content (AvgIpc) is 2.62. The second kappa shape index (κ2) is 6.83. The third-order valence-electron chi connectivity index (χ3n) is 5.36. The molecule has 146 valence electrons. The van der Waals surface area contributed by atoms with Crippen molar-refractivity contribution < 1.29 is 23.5 Å². The van der Waals surface area contributed by atoms with Crippen LogP contribution in [0.25, 0.3) is 0 Å². The van der Waals surface area contributed by atoms with Crippen molar-refractivity contribution in [2.24, 2.45) is 0 Å². The van der Waals surface area contributed by atoms with Crippen molar-refractivity contribution >= 4 is 29.1 Å². The van der Waals surface area contributed by atoms with Crippen LogP contribution in [0.4, 0.5) is 14.5 Å². The molecule has 0 unspecified atom stereocenters. The molecular formula is C20H17ClF2N2O3. The maximum absolute atomic E-state index is 14.4. The molecule has 2 amide bonds. The summed E-state index contributed by atoms with van der Waals surface area (Å²) < 4.78 is 27.6. The van der Waals surface area contributed by atoms with Gasteiger partial charge in [-0.05, 0) is 35.9 Å². The molecule has 2 aliphatic rings. The molecule has 0 bridgehead atoms. The first kappa shape index (κ1) is 18.8. The molecule has 28 heavy (non-hydrogen) atoms. The number of aliphatic hydroxyl groups is 1. The largest absolute Gasteiger partial charge is 0.393 e. The Labute approximate surface area is 165 Å². The van der Waals surface area contributed by atoms with Crippen LogP contribution in [0.3, 0.4) is 0 Å². The summed E-state index contributed by atoms with van der Waals surface area (Å²) in [5.74, 6) is -1.91. The fourth-order valence-corrected chi connectivity index (χ4v) is 4.08. The summed E-state index contributed by atoms with van der Waals surface area (Å²) in [4.78, 5) is 28.7. The molecule has 8 heteroatoms. The van der Waals surface area contributed by atoms with Gasteiger partial charge in [0.1, 0.15) is 23.7 Å². The van der Waals surface area contributed by atoms with E-state index in [1.54, 1.807) is 12.1 Å². The monoisotopic (exact) mass is 406 g/mol. The summed E-state index contributed by atoms with van der Waals surface area (Å²) >= 11 is 5.78. The first-order chi connectivity index (χ1) is 13.3. The maximum Gasteiger partial charge on any atom is 0.253 e. The molecule has 0 atom stereocenters. The highest BCUT2D eigenvalue weighted by Crippen LogP contribution is 2.44. The van der Waals surface area contributed by atoms with Gasteiger partial charge in [0.15, 0.2) is 0 Å². The first-order valence-electron chi connectivity index (χ1n) is 8.80. The van der Waals surface area contributed by atoms with Gasteiger partial charge >= 0.3 is 0 Å². The Morgan fingerprint density at radius 2 is 1.79 bits per heavy atom. The molecule has 1 spiro atoms. The predicted molar refractivity (Wildman–Crippen MR) is 98.7 cm³/mol. The van der Waals surface area contributed by atoms with Gasteiger partial charge in [0.05, 0.1) is 11.8 Å². The number of amides is 2. The molecule has 1 saturated heterocycles. The van der Waals surface area contributed by atoms with Crippen LogP contribution in [0.2, 0.25) is 5.02 Å². The van der Waals surface area contributed by atoms with Crippen molar-refractivity contribution in [3.8, 4) is 0 Å². The zero-order valence-corrected chi connectivity index (χ0v) is 15.5. The lowest BCUT2D eigenvalue weighted by Gasteiger charge is -2.55. The second-order valence-corrected chi connectivity index (χ2v) is 7.62. The van der Waals surface area contributed by atoms with E-state index in [2.05, 4.69) is 0 Å². The highest BCUT2D eigenvalue weighted by Gasteiger charge is 2.60. The van der Waals surface area contributed by atoms with Crippen molar-refractivity contribution in [2.45, 2.75) is 31.0 Å². The lowest BCUT2D eigenvalue weighted by molar-refractivity contribution is -0.167. The van der Waals surface area contributed by atoms with Crippen LogP contribution in [0.15, 0.2) is 42.5 Å². The number of piperazine rings is 1. The number of hydrogen-bond acceptors (Lipinski definition) is 3. The molecule has 4 rings (SSSR count). The standard InChI is InChI=1S/C20H17ClF2N2O3/c21-13-3-6-17(16(23)7-13)24-11-18(27)25(10-12-1-4-14(22)5-2-12)20(19(24)28)8-15(26)9-20/h1-7,15,26H,8-11H2. The summed E-state index contributed by atoms with van der Waals surface area (Å²) in [6.07, 6.45) is -0.572. The summed E-state index contributed by atoms with van der Waals surface area (Å²) in [7, 11) is 0. The SMILES string of the molecule is O=C1CN(c2ccc(Cl)cc2F)C(=O)C2(CC(O)C2)N1Cc1ccc(F)cc1. The first-order valence-corrected chi connectivity index (χ1v) is 9.18. The Hall–Kier alpha value is -2.51. The van der Waals surface area contributed by atoms with Gasteiger partial charge in [0.25, 0.3) is 5.91 Å². The third-order valence-corrected chi connectivity index (χ3v) is 5.59. The Bertz CT molecular complexity index is 945. The smallest absolute Gasteiger partial charge is 0.253 e. The zero-order valence-electron chi connectivity index (χ0n) is 14.7. The minimum Gasteiger partial charge on any atom is -0.393 e. The van der Waals surface area contributed by atoms with E-state index in [0.717, 1.165) is 11.0 Å². The fraction of sp³-hybridized carbons (Fsp3) is 0.300. The summed E-state index contributed by atoms with van der Waals surface area (Å²) in [6, 6.07) is 9.54. The predicted octanol–water partition coefficient (Wildman–Crippen LogP) is 2.89. The van der Waals surface area contributed by atoms with E-state index in [4.69, 9.17) is 11.6 Å². The number of carbonyl (C=O) groups is 2. The molecule has 2 fully saturated rings. The van der Waals surface area contributed by atoms with E-state index in [9.17, 15) is 23.5 Å². The molecule has 1 N–H and O–H groups in total. The van der Waals surface area contributed by atoms with Gasteiger partial charge in [-0.3, -0.25) is 14.5 Å². The van der Waals surface area contributed by atoms with Crippen LogP contribution in [-0.4, -0.2) is 40.0 Å². The van der Waals surface area contributed by atoms with Gasteiger partial charge in [-0.1, -0.05) is 23.7 Å². The quantitative estimate of drug-likeness (QED) is 0.852. The number of nitrogens with zero attached hydrogens (tertiary/aromatic N) is 2. The minimum atomic E-state index is -1.24. The van der Waals surface area contributed by atoms with Crippen LogP contribution in [-0.2, 0) is 16.1 Å². The highest BCUT2D eigenvalue weighted by atomic mass is 35.5. The third kappa shape index (κ3) is 3.04. The lowest BCUT2D eigenvalue weighted by atomic mass is 9.70. The van der Waals surface area contributed by atoms with Crippen LogP contribution < -0.4 is 4.90 Å². The molecule has 2 aromatic rings. The topological polar surface area (TPSA) is 60.9 Å². The number of halogens is 3. The molecule has 2 aromatic carbocycles. The Morgan fingerprint density at radius 3 is 2.39 bits per heavy atom. The lowest BCUT2D eigenvalue weighted by Crippen LogP contribution is -2.73. The van der Waals surface area contributed by atoms with E-state index in [-0.39, 0.29) is 42.5 Å². The van der Waals surface area contributed by atoms with Gasteiger partial charge in [-0.25, -0.2) is 8.78 Å². The van der Waals surface area contributed by atoms with Crippen molar-refractivity contribution in [1.82, 2.24) is 4.90 Å². The van der Waals surface area contributed by atoms with E-state index >= 15 is 0 Å². The number of rotatable bonds is 3. The maximum atomic E-state index is 14.4. The highest BCUT2D eigenvalue weighted by molar-refractivity contribution is 6.30. The van der Waals surface area contributed by atoms with E-state index in [0.29, 0.717) is 5.56 Å². The van der Waals surface area contributed by atoms with Gasteiger partial charge in [-0.15, -0.1) is 0 Å². The van der Waals surface area contributed by atoms with Crippen LogP contribution >= 0.6 is 11.6 Å². The normalized spacial score (nSPS) is 24.6. The zero-order chi connectivity index (χ0) is 20.1. The molecular weight excluding hydrogens is 390 g/mol. The molecule has 1 saturated carbocycles. The van der Waals surface area contributed by atoms with Gasteiger partial charge < -0.3 is 10.0 Å². The Kier molecular flexibility index (Phi) is 4.59. The summed E-state index contributed by atoms with van der Waals surface area (Å²) in [5, 5.41) is 10.1. The van der Waals surface area contributed by atoms with Crippen molar-refractivity contribution in [1.29, 1.82) is 0 Å². The van der Waals surface area contributed by atoms with Gasteiger partial charge in [0, 0.05) is 24.4 Å². The van der Waals surface area contributed by atoms with Crippen molar-refractivity contribution in [3.05, 3.63) is 64.7 Å². The average molecular weight is 407 g/mol. The Morgan fingerprint density at radius 1 is 1.11 bits per heavy atom. The summed E-state index contributed by atoms with van der Waals surface area (Å²) in [6.45, 7) is -0.217. The van der Waals surface area contributed by atoms with E-state index < -0.39 is 29.2 Å². The van der Waals surface area contributed by atoms with E-state index in [1.807, 2.05) is 0 Å².